The van der Waals surface area contributed by atoms with Gasteiger partial charge in [0.1, 0.15) is 5.78 Å². The number of aliphatic hydroxyl groups is 1. The van der Waals surface area contributed by atoms with Crippen LogP contribution >= 0.6 is 0 Å². The molecule has 0 bridgehead atoms. The van der Waals surface area contributed by atoms with Crippen LogP contribution in [-0.4, -0.2) is 41.7 Å². The fourth-order valence-corrected chi connectivity index (χ4v) is 8.33. The number of Topliss-reactive ketones (excluding diaryl/α,β-unsaturated/α-hetero) is 1. The normalized spacial score (nSPS) is 16.8. The maximum absolute atomic E-state index is 13.2. The second kappa shape index (κ2) is 19.6. The largest absolute Gasteiger partial charge is 0.504 e. The van der Waals surface area contributed by atoms with Crippen LogP contribution in [0.25, 0.3) is 5.57 Å². The van der Waals surface area contributed by atoms with E-state index >= 15 is 0 Å². The highest BCUT2D eigenvalue weighted by atomic mass is 16.5. The van der Waals surface area contributed by atoms with E-state index in [0.29, 0.717) is 29.4 Å². The van der Waals surface area contributed by atoms with E-state index in [1.54, 1.807) is 12.1 Å². The van der Waals surface area contributed by atoms with E-state index in [1.807, 2.05) is 18.3 Å². The summed E-state index contributed by atoms with van der Waals surface area (Å²) in [5, 5.41) is 24.6. The quantitative estimate of drug-likeness (QED) is 0.0683. The number of allylic oxidation sites excluding steroid dienone is 3. The molecule has 7 nitrogen and oxygen atoms in total. The minimum atomic E-state index is -0.411. The van der Waals surface area contributed by atoms with Gasteiger partial charge in [-0.25, -0.2) is 0 Å². The number of ketones is 2. The Morgan fingerprint density at radius 1 is 0.925 bits per heavy atom. The highest BCUT2D eigenvalue weighted by Crippen LogP contribution is 2.46. The fourth-order valence-electron chi connectivity index (χ4n) is 8.33. The van der Waals surface area contributed by atoms with Crippen molar-refractivity contribution in [1.29, 1.82) is 0 Å². The molecule has 1 aliphatic carbocycles. The third kappa shape index (κ3) is 11.5. The Morgan fingerprint density at radius 2 is 1.62 bits per heavy atom. The van der Waals surface area contributed by atoms with Crippen molar-refractivity contribution in [2.75, 3.05) is 13.7 Å². The molecule has 0 saturated heterocycles. The van der Waals surface area contributed by atoms with Crippen LogP contribution < -0.4 is 15.8 Å². The van der Waals surface area contributed by atoms with Crippen LogP contribution in [-0.2, 0) is 35.3 Å². The first-order valence-electron chi connectivity index (χ1n) is 19.5. The van der Waals surface area contributed by atoms with E-state index in [0.717, 1.165) is 61.7 Å². The van der Waals surface area contributed by atoms with Gasteiger partial charge in [-0.1, -0.05) is 80.8 Å². The molecule has 1 heterocycles. The first-order valence-corrected chi connectivity index (χ1v) is 19.5. The molecule has 1 aliphatic heterocycles. The second-order valence-electron chi connectivity index (χ2n) is 15.0. The topological polar surface area (TPSA) is 122 Å². The molecule has 2 aliphatic rings. The maximum atomic E-state index is 13.2. The van der Waals surface area contributed by atoms with Crippen molar-refractivity contribution in [3.63, 3.8) is 0 Å². The average Bonchev–Trinajstić information content (AvgIpc) is 3.62. The van der Waals surface area contributed by atoms with Crippen molar-refractivity contribution >= 4 is 17.1 Å². The number of nitrogens with two attached hydrogens (primary N) is 1. The Morgan fingerprint density at radius 3 is 2.32 bits per heavy atom. The maximum Gasteiger partial charge on any atom is 0.163 e. The molecule has 1 unspecified atom stereocenters. The second-order valence-corrected chi connectivity index (χ2v) is 15.0. The molecule has 0 radical (unpaired) electrons. The van der Waals surface area contributed by atoms with Crippen molar-refractivity contribution in [3.05, 3.63) is 124 Å². The summed E-state index contributed by atoms with van der Waals surface area (Å²) in [7, 11) is 1.47. The fraction of sp³-hybridized carbons (Fsp3) is 0.435. The summed E-state index contributed by atoms with van der Waals surface area (Å²) in [4.78, 5) is 26.1. The highest BCUT2D eigenvalue weighted by Gasteiger charge is 2.32. The smallest absolute Gasteiger partial charge is 0.163 e. The molecule has 1 fully saturated rings. The SMILES string of the molecule is CCCC1(CCCC(=O)CC(=O)C=C(CO)c2cc(OC)c(O)cc2CC2=CNC(N)C=C2CCc2cccc(CCc3ccccc3)c2)CCCC1. The summed E-state index contributed by atoms with van der Waals surface area (Å²) in [6.07, 6.45) is 18.5. The number of dihydropyridines is 1. The first kappa shape index (κ1) is 39.7. The zero-order valence-corrected chi connectivity index (χ0v) is 31.7. The van der Waals surface area contributed by atoms with Gasteiger partial charge in [-0.15, -0.1) is 0 Å². The number of aryl methyl sites for hydroxylation is 3. The van der Waals surface area contributed by atoms with Crippen LogP contribution in [0.3, 0.4) is 0 Å². The number of benzene rings is 3. The van der Waals surface area contributed by atoms with Crippen molar-refractivity contribution in [2.24, 2.45) is 11.1 Å². The predicted octanol–water partition coefficient (Wildman–Crippen LogP) is 8.49. The summed E-state index contributed by atoms with van der Waals surface area (Å²) in [5.74, 6) is -0.201. The lowest BCUT2D eigenvalue weighted by Crippen LogP contribution is -2.35. The van der Waals surface area contributed by atoms with E-state index < -0.39 is 6.61 Å². The van der Waals surface area contributed by atoms with E-state index in [1.165, 1.54) is 62.0 Å². The molecule has 0 aromatic heterocycles. The van der Waals surface area contributed by atoms with Crippen LogP contribution in [0, 0.1) is 5.41 Å². The van der Waals surface area contributed by atoms with Gasteiger partial charge in [-0.3, -0.25) is 9.59 Å². The molecule has 53 heavy (non-hydrogen) atoms. The van der Waals surface area contributed by atoms with Gasteiger partial charge in [0.2, 0.25) is 0 Å². The van der Waals surface area contributed by atoms with Crippen molar-refractivity contribution in [2.45, 2.75) is 109 Å². The Hall–Kier alpha value is -4.46. The molecule has 0 amide bonds. The zero-order valence-electron chi connectivity index (χ0n) is 31.7. The van der Waals surface area contributed by atoms with Gasteiger partial charge in [-0.05, 0) is 138 Å². The van der Waals surface area contributed by atoms with Gasteiger partial charge in [0.25, 0.3) is 0 Å². The van der Waals surface area contributed by atoms with Gasteiger partial charge < -0.3 is 26.0 Å². The monoisotopic (exact) mass is 718 g/mol. The number of phenols is 1. The first-order chi connectivity index (χ1) is 25.7. The lowest BCUT2D eigenvalue weighted by atomic mass is 9.77. The number of rotatable bonds is 20. The Bertz CT molecular complexity index is 1780. The number of hydrogen-bond acceptors (Lipinski definition) is 7. The summed E-state index contributed by atoms with van der Waals surface area (Å²) in [5.41, 5.74) is 14.4. The van der Waals surface area contributed by atoms with Crippen LogP contribution in [0.15, 0.2) is 96.2 Å². The minimum Gasteiger partial charge on any atom is -0.504 e. The third-order valence-electron chi connectivity index (χ3n) is 11.1. The molecule has 1 saturated carbocycles. The molecule has 5 N–H and O–H groups in total. The molecular formula is C46H58N2O5. The van der Waals surface area contributed by atoms with Crippen LogP contribution in [0.2, 0.25) is 0 Å². The number of hydrogen-bond donors (Lipinski definition) is 4. The molecule has 5 rings (SSSR count). The van der Waals surface area contributed by atoms with Crippen molar-refractivity contribution in [1.82, 2.24) is 5.32 Å². The lowest BCUT2D eigenvalue weighted by molar-refractivity contribution is -0.124. The molecule has 282 valence electrons. The van der Waals surface area contributed by atoms with Gasteiger partial charge >= 0.3 is 0 Å². The average molecular weight is 719 g/mol. The number of methoxy groups -OCH3 is 1. The number of nitrogens with one attached hydrogen (secondary N) is 1. The standard InChI is InChI=1S/C46H58N2O5/c1-3-20-46(21-7-8-22-46)23-10-15-40(50)29-41(51)26-39(32-49)42-30-44(53-2)43(52)27-37(42)25-38-31-48-45(47)28-36(38)19-18-35-14-9-13-34(24-35)17-16-33-11-5-4-6-12-33/h4-6,9,11-14,24,26-28,30-31,45,48-49,52H,3,7-8,10,15-23,25,29,32,47H2,1-2H3. The number of carbonyl (C=O) groups excluding carboxylic acids is 2. The van der Waals surface area contributed by atoms with Crippen molar-refractivity contribution in [3.8, 4) is 11.5 Å². The molecule has 1 atom stereocenters. The van der Waals surface area contributed by atoms with Gasteiger partial charge in [0.15, 0.2) is 17.3 Å². The number of aliphatic hydroxyl groups excluding tert-OH is 1. The van der Waals surface area contributed by atoms with E-state index in [9.17, 15) is 19.8 Å². The molecular weight excluding hydrogens is 661 g/mol. The van der Waals surface area contributed by atoms with Crippen LogP contribution in [0.5, 0.6) is 11.5 Å². The minimum absolute atomic E-state index is 0.0351. The highest BCUT2D eigenvalue weighted by molar-refractivity contribution is 6.07. The molecule has 3 aromatic rings. The van der Waals surface area contributed by atoms with Crippen LogP contribution in [0.4, 0.5) is 0 Å². The van der Waals surface area contributed by atoms with Gasteiger partial charge in [-0.2, -0.15) is 0 Å². The summed E-state index contributed by atoms with van der Waals surface area (Å²) in [6, 6.07) is 22.6. The molecule has 7 heteroatoms. The third-order valence-corrected chi connectivity index (χ3v) is 11.1. The molecule has 0 spiro atoms. The number of phenolic OH excluding ortho intramolecular Hbond substituents is 1. The summed E-state index contributed by atoms with van der Waals surface area (Å²) in [6.45, 7) is 1.82. The number of carbonyl (C=O) groups is 2. The van der Waals surface area contributed by atoms with E-state index in [4.69, 9.17) is 10.5 Å². The number of ether oxygens (including phenoxy) is 1. The Labute approximate surface area is 316 Å². The number of aromatic hydroxyl groups is 1. The molecule has 3 aromatic carbocycles. The van der Waals surface area contributed by atoms with E-state index in [2.05, 4.69) is 60.8 Å². The predicted molar refractivity (Wildman–Crippen MR) is 214 cm³/mol. The van der Waals surface area contributed by atoms with Crippen molar-refractivity contribution < 1.29 is 24.5 Å². The summed E-state index contributed by atoms with van der Waals surface area (Å²) < 4.78 is 5.43. The van der Waals surface area contributed by atoms with Crippen LogP contribution in [0.1, 0.15) is 105 Å². The Balaban J connectivity index is 1.26. The lowest BCUT2D eigenvalue weighted by Gasteiger charge is -2.28. The van der Waals surface area contributed by atoms with Gasteiger partial charge in [0, 0.05) is 12.6 Å². The Kier molecular flexibility index (Phi) is 14.7. The van der Waals surface area contributed by atoms with Gasteiger partial charge in [0.05, 0.1) is 26.3 Å². The zero-order chi connectivity index (χ0) is 37.6. The summed E-state index contributed by atoms with van der Waals surface area (Å²) >= 11 is 0. The van der Waals surface area contributed by atoms with E-state index in [-0.39, 0.29) is 35.7 Å².